The Hall–Kier alpha value is -1.62. The lowest BCUT2D eigenvalue weighted by molar-refractivity contribution is 0.410. The van der Waals surface area contributed by atoms with E-state index in [2.05, 4.69) is 26.3 Å². The van der Waals surface area contributed by atoms with Gasteiger partial charge in [-0.3, -0.25) is 0 Å². The van der Waals surface area contributed by atoms with Gasteiger partial charge in [0.05, 0.1) is 19.5 Å². The minimum absolute atomic E-state index is 0.696. The van der Waals surface area contributed by atoms with E-state index in [1.165, 1.54) is 10.4 Å². The van der Waals surface area contributed by atoms with Crippen LogP contribution in [-0.2, 0) is 13.0 Å². The average Bonchev–Trinajstić information content (AvgIpc) is 2.86. The van der Waals surface area contributed by atoms with Crippen LogP contribution in [0.4, 0.5) is 5.95 Å². The van der Waals surface area contributed by atoms with Gasteiger partial charge >= 0.3 is 0 Å². The molecule has 0 saturated carbocycles. The zero-order chi connectivity index (χ0) is 11.7. The molecule has 5 heteroatoms. The van der Waals surface area contributed by atoms with Gasteiger partial charge in [-0.1, -0.05) is 0 Å². The number of aromatic nitrogens is 2. The van der Waals surface area contributed by atoms with Crippen LogP contribution in [0.3, 0.4) is 0 Å². The van der Waals surface area contributed by atoms with Crippen molar-refractivity contribution in [3.8, 4) is 5.75 Å². The highest BCUT2D eigenvalue weighted by Crippen LogP contribution is 2.26. The van der Waals surface area contributed by atoms with E-state index in [9.17, 15) is 0 Å². The van der Waals surface area contributed by atoms with Gasteiger partial charge < -0.3 is 9.64 Å². The van der Waals surface area contributed by atoms with Gasteiger partial charge in [0.1, 0.15) is 0 Å². The number of methoxy groups -OCH3 is 1. The fourth-order valence-electron chi connectivity index (χ4n) is 2.00. The van der Waals surface area contributed by atoms with Gasteiger partial charge in [0.25, 0.3) is 0 Å². The number of hydrogen-bond donors (Lipinski definition) is 0. The van der Waals surface area contributed by atoms with Crippen molar-refractivity contribution < 1.29 is 4.74 Å². The molecular formula is C12H13N3OS. The standard InChI is InChI=1S/C12H13N3OS/c1-16-10-6-13-12(14-7-10)15-4-2-11-9(8-15)3-5-17-11/h3,5-7H,2,4,8H2,1H3. The molecule has 3 rings (SSSR count). The summed E-state index contributed by atoms with van der Waals surface area (Å²) >= 11 is 1.84. The van der Waals surface area contributed by atoms with Crippen molar-refractivity contribution in [2.45, 2.75) is 13.0 Å². The average molecular weight is 247 g/mol. The van der Waals surface area contributed by atoms with Gasteiger partial charge in [-0.05, 0) is 23.4 Å². The first kappa shape index (κ1) is 10.5. The summed E-state index contributed by atoms with van der Waals surface area (Å²) in [5, 5.41) is 2.16. The van der Waals surface area contributed by atoms with Crippen LogP contribution in [-0.4, -0.2) is 23.6 Å². The first-order chi connectivity index (χ1) is 8.36. The smallest absolute Gasteiger partial charge is 0.225 e. The Bertz CT molecular complexity index is 509. The van der Waals surface area contributed by atoms with Crippen LogP contribution < -0.4 is 9.64 Å². The molecule has 0 unspecified atom stereocenters. The molecule has 0 aliphatic carbocycles. The second kappa shape index (κ2) is 4.33. The Balaban J connectivity index is 1.81. The molecule has 0 bridgehead atoms. The van der Waals surface area contributed by atoms with E-state index >= 15 is 0 Å². The lowest BCUT2D eigenvalue weighted by Gasteiger charge is -2.26. The maximum absolute atomic E-state index is 5.06. The molecule has 0 radical (unpaired) electrons. The number of fused-ring (bicyclic) bond motifs is 1. The van der Waals surface area contributed by atoms with Crippen LogP contribution in [0.25, 0.3) is 0 Å². The van der Waals surface area contributed by atoms with Crippen molar-refractivity contribution in [3.05, 3.63) is 34.3 Å². The normalized spacial score (nSPS) is 14.5. The Labute approximate surface area is 104 Å². The molecule has 0 N–H and O–H groups in total. The van der Waals surface area contributed by atoms with Crippen LogP contribution >= 0.6 is 11.3 Å². The summed E-state index contributed by atoms with van der Waals surface area (Å²) in [6.45, 7) is 1.89. The van der Waals surface area contributed by atoms with Crippen molar-refractivity contribution in [1.29, 1.82) is 0 Å². The second-order valence-electron chi connectivity index (χ2n) is 3.96. The van der Waals surface area contributed by atoms with E-state index in [4.69, 9.17) is 4.74 Å². The minimum atomic E-state index is 0.696. The zero-order valence-electron chi connectivity index (χ0n) is 9.59. The summed E-state index contributed by atoms with van der Waals surface area (Å²) in [4.78, 5) is 12.3. The molecule has 0 atom stereocenters. The van der Waals surface area contributed by atoms with Crippen molar-refractivity contribution >= 4 is 17.3 Å². The Morgan fingerprint density at radius 3 is 2.94 bits per heavy atom. The van der Waals surface area contributed by atoms with E-state index < -0.39 is 0 Å². The van der Waals surface area contributed by atoms with Gasteiger partial charge in [0, 0.05) is 18.0 Å². The van der Waals surface area contributed by atoms with E-state index in [-0.39, 0.29) is 0 Å². The molecule has 0 saturated heterocycles. The van der Waals surface area contributed by atoms with Crippen LogP contribution in [0.2, 0.25) is 0 Å². The number of anilines is 1. The highest BCUT2D eigenvalue weighted by atomic mass is 32.1. The van der Waals surface area contributed by atoms with Gasteiger partial charge in [-0.2, -0.15) is 0 Å². The molecule has 2 aromatic rings. The van der Waals surface area contributed by atoms with Crippen molar-refractivity contribution in [3.63, 3.8) is 0 Å². The minimum Gasteiger partial charge on any atom is -0.494 e. The first-order valence-electron chi connectivity index (χ1n) is 5.53. The SMILES string of the molecule is COc1cnc(N2CCc3sccc3C2)nc1. The van der Waals surface area contributed by atoms with Crippen molar-refractivity contribution in [1.82, 2.24) is 9.97 Å². The maximum atomic E-state index is 5.06. The lowest BCUT2D eigenvalue weighted by Crippen LogP contribution is -2.30. The number of thiophene rings is 1. The molecule has 88 valence electrons. The summed E-state index contributed by atoms with van der Waals surface area (Å²) in [5.41, 5.74) is 1.40. The molecule has 1 aliphatic rings. The zero-order valence-corrected chi connectivity index (χ0v) is 10.4. The topological polar surface area (TPSA) is 38.2 Å². The van der Waals surface area contributed by atoms with Crippen molar-refractivity contribution in [2.24, 2.45) is 0 Å². The number of rotatable bonds is 2. The predicted molar refractivity (Wildman–Crippen MR) is 67.7 cm³/mol. The van der Waals surface area contributed by atoms with E-state index in [1.54, 1.807) is 19.5 Å². The Morgan fingerprint density at radius 1 is 1.35 bits per heavy atom. The third kappa shape index (κ3) is 1.98. The van der Waals surface area contributed by atoms with Gasteiger partial charge in [0.15, 0.2) is 5.75 Å². The molecule has 1 aliphatic heterocycles. The second-order valence-corrected chi connectivity index (χ2v) is 4.96. The third-order valence-electron chi connectivity index (χ3n) is 2.94. The summed E-state index contributed by atoms with van der Waals surface area (Å²) < 4.78 is 5.06. The molecule has 17 heavy (non-hydrogen) atoms. The van der Waals surface area contributed by atoms with Crippen LogP contribution in [0.1, 0.15) is 10.4 Å². The molecule has 4 nitrogen and oxygen atoms in total. The largest absolute Gasteiger partial charge is 0.494 e. The van der Waals surface area contributed by atoms with Gasteiger partial charge in [-0.15, -0.1) is 11.3 Å². The maximum Gasteiger partial charge on any atom is 0.225 e. The molecular weight excluding hydrogens is 234 g/mol. The third-order valence-corrected chi connectivity index (χ3v) is 3.96. The molecule has 3 heterocycles. The molecule has 0 amide bonds. The summed E-state index contributed by atoms with van der Waals surface area (Å²) in [5.74, 6) is 1.48. The Kier molecular flexibility index (Phi) is 2.68. The molecule has 0 spiro atoms. The fraction of sp³-hybridized carbons (Fsp3) is 0.333. The van der Waals surface area contributed by atoms with Gasteiger partial charge in [0.2, 0.25) is 5.95 Å². The lowest BCUT2D eigenvalue weighted by atomic mass is 10.1. The number of ether oxygens (including phenoxy) is 1. The number of hydrogen-bond acceptors (Lipinski definition) is 5. The van der Waals surface area contributed by atoms with Crippen molar-refractivity contribution in [2.75, 3.05) is 18.6 Å². The van der Waals surface area contributed by atoms with E-state index in [1.807, 2.05) is 11.3 Å². The first-order valence-corrected chi connectivity index (χ1v) is 6.41. The quantitative estimate of drug-likeness (QED) is 0.814. The fourth-order valence-corrected chi connectivity index (χ4v) is 2.89. The van der Waals surface area contributed by atoms with Crippen LogP contribution in [0, 0.1) is 0 Å². The van der Waals surface area contributed by atoms with Gasteiger partial charge in [-0.25, -0.2) is 9.97 Å². The van der Waals surface area contributed by atoms with E-state index in [0.717, 1.165) is 25.5 Å². The van der Waals surface area contributed by atoms with E-state index in [0.29, 0.717) is 5.75 Å². The molecule has 0 fully saturated rings. The van der Waals surface area contributed by atoms with Crippen LogP contribution in [0.5, 0.6) is 5.75 Å². The summed E-state index contributed by atoms with van der Waals surface area (Å²) in [6, 6.07) is 2.19. The highest BCUT2D eigenvalue weighted by molar-refractivity contribution is 7.10. The predicted octanol–water partition coefficient (Wildman–Crippen LogP) is 2.11. The summed E-state index contributed by atoms with van der Waals surface area (Å²) in [7, 11) is 1.62. The molecule has 2 aromatic heterocycles. The monoisotopic (exact) mass is 247 g/mol. The Morgan fingerprint density at radius 2 is 2.18 bits per heavy atom. The van der Waals surface area contributed by atoms with Crippen LogP contribution in [0.15, 0.2) is 23.8 Å². The highest BCUT2D eigenvalue weighted by Gasteiger charge is 2.18. The number of nitrogens with zero attached hydrogens (tertiary/aromatic N) is 3. The summed E-state index contributed by atoms with van der Waals surface area (Å²) in [6.07, 6.45) is 4.51. The molecule has 0 aromatic carbocycles.